The molecule has 3 aliphatic rings. The van der Waals surface area contributed by atoms with Gasteiger partial charge in [0.1, 0.15) is 5.00 Å². The number of amides is 2. The van der Waals surface area contributed by atoms with E-state index < -0.39 is 0 Å². The highest BCUT2D eigenvalue weighted by molar-refractivity contribution is 7.17. The van der Waals surface area contributed by atoms with Crippen LogP contribution in [0.25, 0.3) is 0 Å². The van der Waals surface area contributed by atoms with E-state index in [-0.39, 0.29) is 23.8 Å². The van der Waals surface area contributed by atoms with Gasteiger partial charge >= 0.3 is 0 Å². The summed E-state index contributed by atoms with van der Waals surface area (Å²) in [6, 6.07) is 10.8. The summed E-state index contributed by atoms with van der Waals surface area (Å²) in [5.41, 5.74) is 3.70. The first-order valence-electron chi connectivity index (χ1n) is 11.5. The Labute approximate surface area is 192 Å². The fourth-order valence-corrected chi connectivity index (χ4v) is 5.24. The van der Waals surface area contributed by atoms with E-state index in [0.29, 0.717) is 29.4 Å². The highest BCUT2D eigenvalue weighted by atomic mass is 32.1. The van der Waals surface area contributed by atoms with E-state index in [9.17, 15) is 9.59 Å². The van der Waals surface area contributed by atoms with Crippen molar-refractivity contribution < 1.29 is 9.59 Å². The molecule has 1 aromatic carbocycles. The molecular weight excluding hydrogens is 420 g/mol. The van der Waals surface area contributed by atoms with Crippen LogP contribution in [0.3, 0.4) is 0 Å². The summed E-state index contributed by atoms with van der Waals surface area (Å²) in [6.07, 6.45) is 6.67. The minimum atomic E-state index is -0.0709. The second-order valence-electron chi connectivity index (χ2n) is 9.20. The number of anilines is 1. The molecule has 2 amide bonds. The summed E-state index contributed by atoms with van der Waals surface area (Å²) < 4.78 is 0. The third-order valence-corrected chi connectivity index (χ3v) is 7.56. The van der Waals surface area contributed by atoms with Crippen molar-refractivity contribution in [1.82, 2.24) is 5.32 Å². The quantitative estimate of drug-likeness (QED) is 0.590. The molecule has 5 rings (SSSR count). The van der Waals surface area contributed by atoms with Crippen LogP contribution in [0.15, 0.2) is 34.3 Å². The van der Waals surface area contributed by atoms with E-state index in [1.165, 1.54) is 23.3 Å². The zero-order valence-corrected chi connectivity index (χ0v) is 19.1. The summed E-state index contributed by atoms with van der Waals surface area (Å²) >= 11 is 1.56. The molecule has 2 aromatic rings. The molecule has 1 aromatic heterocycles. The molecule has 1 heterocycles. The van der Waals surface area contributed by atoms with Crippen molar-refractivity contribution in [2.45, 2.75) is 57.9 Å². The third kappa shape index (κ3) is 5.00. The van der Waals surface area contributed by atoms with Crippen molar-refractivity contribution in [3.63, 3.8) is 0 Å². The Morgan fingerprint density at radius 2 is 1.91 bits per heavy atom. The summed E-state index contributed by atoms with van der Waals surface area (Å²) in [7, 11) is 0. The molecule has 0 spiro atoms. The van der Waals surface area contributed by atoms with E-state index in [1.807, 2.05) is 31.2 Å². The number of fused-ring (bicyclic) bond motifs is 1. The first-order valence-corrected chi connectivity index (χ1v) is 12.3. The van der Waals surface area contributed by atoms with Crippen LogP contribution in [0.5, 0.6) is 0 Å². The smallest absolute Gasteiger partial charge is 0.254 e. The van der Waals surface area contributed by atoms with Crippen LogP contribution in [-0.4, -0.2) is 30.4 Å². The minimum absolute atomic E-state index is 0.0354. The summed E-state index contributed by atoms with van der Waals surface area (Å²) in [4.78, 5) is 35.6. The summed E-state index contributed by atoms with van der Waals surface area (Å²) in [5.74, 6) is 0.679. The zero-order valence-electron chi connectivity index (χ0n) is 18.3. The van der Waals surface area contributed by atoms with Gasteiger partial charge in [0.05, 0.1) is 23.3 Å². The SMILES string of the molecule is Cc1ccc(N=C=NC2CCc3sc(NC(=O)C4CC4)c(C(=O)NCC4CC4)c3C2)cc1. The van der Waals surface area contributed by atoms with Gasteiger partial charge in [0.2, 0.25) is 5.91 Å². The molecular formula is C25H28N4O2S. The molecule has 1 atom stereocenters. The van der Waals surface area contributed by atoms with E-state index in [0.717, 1.165) is 36.9 Å². The molecule has 166 valence electrons. The number of aryl methyl sites for hydroxylation is 2. The molecule has 32 heavy (non-hydrogen) atoms. The lowest BCUT2D eigenvalue weighted by molar-refractivity contribution is -0.117. The maximum absolute atomic E-state index is 13.1. The molecule has 2 N–H and O–H groups in total. The molecule has 0 aliphatic heterocycles. The van der Waals surface area contributed by atoms with Crippen LogP contribution in [0.1, 0.15) is 58.5 Å². The first kappa shape index (κ1) is 21.1. The monoisotopic (exact) mass is 448 g/mol. The Hall–Kier alpha value is -2.76. The fourth-order valence-electron chi connectivity index (χ4n) is 4.00. The molecule has 1 unspecified atom stereocenters. The summed E-state index contributed by atoms with van der Waals surface area (Å²) in [5, 5.41) is 6.85. The van der Waals surface area contributed by atoms with E-state index in [4.69, 9.17) is 0 Å². The Bertz CT molecular complexity index is 1090. The standard InChI is InChI=1S/C25H28N4O2S/c1-15-2-8-18(9-3-15)27-14-28-19-10-11-21-20(12-19)22(24(31)26-13-16-4-5-16)25(32-21)29-23(30)17-6-7-17/h2-3,8-9,16-17,19H,4-7,10-13H2,1H3,(H,26,31)(H,29,30). The van der Waals surface area contributed by atoms with Crippen molar-refractivity contribution in [2.75, 3.05) is 11.9 Å². The highest BCUT2D eigenvalue weighted by Crippen LogP contribution is 2.40. The normalized spacial score (nSPS) is 19.5. The average Bonchev–Trinajstić information content (AvgIpc) is 3.70. The van der Waals surface area contributed by atoms with Crippen LogP contribution in [-0.2, 0) is 17.6 Å². The number of carbonyl (C=O) groups is 2. The second-order valence-corrected chi connectivity index (χ2v) is 10.3. The van der Waals surface area contributed by atoms with Crippen molar-refractivity contribution in [2.24, 2.45) is 21.8 Å². The predicted octanol–water partition coefficient (Wildman–Crippen LogP) is 4.91. The molecule has 3 aliphatic carbocycles. The third-order valence-electron chi connectivity index (χ3n) is 6.35. The van der Waals surface area contributed by atoms with Gasteiger partial charge in [-0.05, 0) is 75.5 Å². The largest absolute Gasteiger partial charge is 0.352 e. The number of rotatable bonds is 7. The number of hydrogen-bond acceptors (Lipinski definition) is 5. The zero-order chi connectivity index (χ0) is 22.1. The Morgan fingerprint density at radius 1 is 1.12 bits per heavy atom. The van der Waals surface area contributed by atoms with Gasteiger partial charge in [-0.3, -0.25) is 9.59 Å². The van der Waals surface area contributed by atoms with Gasteiger partial charge < -0.3 is 10.6 Å². The highest BCUT2D eigenvalue weighted by Gasteiger charge is 2.34. The number of nitrogens with zero attached hydrogens (tertiary/aromatic N) is 2. The van der Waals surface area contributed by atoms with Gasteiger partial charge in [0.15, 0.2) is 0 Å². The topological polar surface area (TPSA) is 82.9 Å². The van der Waals surface area contributed by atoms with Crippen LogP contribution >= 0.6 is 11.3 Å². The van der Waals surface area contributed by atoms with E-state index >= 15 is 0 Å². The van der Waals surface area contributed by atoms with Gasteiger partial charge in [-0.2, -0.15) is 4.99 Å². The number of nitrogens with one attached hydrogen (secondary N) is 2. The van der Waals surface area contributed by atoms with E-state index in [2.05, 4.69) is 26.6 Å². The fraction of sp³-hybridized carbons (Fsp3) is 0.480. The van der Waals surface area contributed by atoms with Crippen LogP contribution in [0.2, 0.25) is 0 Å². The molecule has 2 fully saturated rings. The van der Waals surface area contributed by atoms with Gasteiger partial charge in [0.25, 0.3) is 5.91 Å². The minimum Gasteiger partial charge on any atom is -0.352 e. The molecule has 6 nitrogen and oxygen atoms in total. The number of thiophene rings is 1. The van der Waals surface area contributed by atoms with Gasteiger partial charge in [0, 0.05) is 17.3 Å². The van der Waals surface area contributed by atoms with Gasteiger partial charge in [-0.15, -0.1) is 11.3 Å². The van der Waals surface area contributed by atoms with Crippen LogP contribution < -0.4 is 10.6 Å². The van der Waals surface area contributed by atoms with Gasteiger partial charge in [-0.25, -0.2) is 4.99 Å². The van der Waals surface area contributed by atoms with Crippen molar-refractivity contribution in [1.29, 1.82) is 0 Å². The van der Waals surface area contributed by atoms with Crippen LogP contribution in [0, 0.1) is 18.8 Å². The maximum atomic E-state index is 13.1. The second kappa shape index (κ2) is 9.00. The average molecular weight is 449 g/mol. The lowest BCUT2D eigenvalue weighted by Gasteiger charge is -2.18. The Kier molecular flexibility index (Phi) is 5.94. The van der Waals surface area contributed by atoms with Crippen molar-refractivity contribution >= 4 is 39.8 Å². The van der Waals surface area contributed by atoms with Crippen molar-refractivity contribution in [3.05, 3.63) is 45.8 Å². The molecule has 0 bridgehead atoms. The molecule has 0 saturated heterocycles. The maximum Gasteiger partial charge on any atom is 0.254 e. The van der Waals surface area contributed by atoms with E-state index in [1.54, 1.807) is 11.3 Å². The predicted molar refractivity (Wildman–Crippen MR) is 127 cm³/mol. The molecule has 2 saturated carbocycles. The number of benzene rings is 1. The lowest BCUT2D eigenvalue weighted by atomic mass is 9.91. The summed E-state index contributed by atoms with van der Waals surface area (Å²) in [6.45, 7) is 2.76. The van der Waals surface area contributed by atoms with Crippen molar-refractivity contribution in [3.8, 4) is 0 Å². The van der Waals surface area contributed by atoms with Crippen LogP contribution in [0.4, 0.5) is 10.7 Å². The lowest BCUT2D eigenvalue weighted by Crippen LogP contribution is -2.28. The first-order chi connectivity index (χ1) is 15.6. The molecule has 7 heteroatoms. The number of aliphatic imine (C=N–C) groups is 2. The molecule has 0 radical (unpaired) electrons. The number of hydrogen-bond donors (Lipinski definition) is 2. The number of carbonyl (C=O) groups excluding carboxylic acids is 2. The Morgan fingerprint density at radius 3 is 2.62 bits per heavy atom. The Balaban J connectivity index is 1.35. The van der Waals surface area contributed by atoms with Gasteiger partial charge in [-0.1, -0.05) is 17.7 Å².